The van der Waals surface area contributed by atoms with Gasteiger partial charge < -0.3 is 20.1 Å². The Morgan fingerprint density at radius 2 is 2.06 bits per heavy atom. The van der Waals surface area contributed by atoms with Crippen LogP contribution < -0.4 is 10.1 Å². The molecule has 0 bridgehead atoms. The second kappa shape index (κ2) is 11.1. The summed E-state index contributed by atoms with van der Waals surface area (Å²) >= 11 is 0. The minimum atomic E-state index is -4.44. The molecule has 10 heteroatoms. The van der Waals surface area contributed by atoms with Gasteiger partial charge >= 0.3 is 6.18 Å². The molecule has 0 radical (unpaired) electrons. The van der Waals surface area contributed by atoms with Crippen LogP contribution >= 0.6 is 0 Å². The highest BCUT2D eigenvalue weighted by molar-refractivity contribution is 6.00. The SMILES string of the molecule is C/C=C\C(=C/c1ncc(-c2cc(O)c(C(=O)NCC(CC)C(F)(F)F)c(OC)c2)[nH]1)C(C)(C)C#N. The summed E-state index contributed by atoms with van der Waals surface area (Å²) in [4.78, 5) is 20.0. The van der Waals surface area contributed by atoms with Crippen molar-refractivity contribution < 1.29 is 27.8 Å². The van der Waals surface area contributed by atoms with E-state index in [1.54, 1.807) is 19.9 Å². The molecular weight excluding hydrogens is 461 g/mol. The van der Waals surface area contributed by atoms with E-state index < -0.39 is 35.7 Å². The largest absolute Gasteiger partial charge is 0.507 e. The molecule has 0 aliphatic rings. The molecule has 1 unspecified atom stereocenters. The average molecular weight is 491 g/mol. The van der Waals surface area contributed by atoms with Gasteiger partial charge in [0, 0.05) is 12.1 Å². The van der Waals surface area contributed by atoms with Crippen molar-refractivity contribution in [2.24, 2.45) is 11.3 Å². The van der Waals surface area contributed by atoms with Gasteiger partial charge in [0.05, 0.1) is 36.4 Å². The van der Waals surface area contributed by atoms with Crippen LogP contribution in [0.3, 0.4) is 0 Å². The van der Waals surface area contributed by atoms with Crippen LogP contribution in [0.4, 0.5) is 13.2 Å². The summed E-state index contributed by atoms with van der Waals surface area (Å²) in [5.41, 5.74) is 0.657. The van der Waals surface area contributed by atoms with Gasteiger partial charge in [0.25, 0.3) is 5.91 Å². The number of aromatic nitrogens is 2. The number of benzene rings is 1. The minimum absolute atomic E-state index is 0.00975. The Balaban J connectivity index is 2.37. The maximum absolute atomic E-state index is 13.0. The molecule has 0 saturated heterocycles. The van der Waals surface area contributed by atoms with Crippen molar-refractivity contribution in [2.45, 2.75) is 40.3 Å². The number of hydrogen-bond donors (Lipinski definition) is 3. The fraction of sp³-hybridized carbons (Fsp3) is 0.400. The third-order valence-corrected chi connectivity index (χ3v) is 5.54. The molecule has 0 fully saturated rings. The Bertz CT molecular complexity index is 1160. The third kappa shape index (κ3) is 6.66. The molecule has 1 atom stereocenters. The second-order valence-electron chi connectivity index (χ2n) is 8.45. The van der Waals surface area contributed by atoms with Crippen LogP contribution in [0.5, 0.6) is 11.5 Å². The number of nitrogens with zero attached hydrogens (tertiary/aromatic N) is 2. The van der Waals surface area contributed by atoms with Crippen molar-refractivity contribution in [1.29, 1.82) is 5.26 Å². The van der Waals surface area contributed by atoms with Gasteiger partial charge in [0.1, 0.15) is 22.9 Å². The molecule has 35 heavy (non-hydrogen) atoms. The lowest BCUT2D eigenvalue weighted by Crippen LogP contribution is -2.36. The Hall–Kier alpha value is -3.74. The second-order valence-corrected chi connectivity index (χ2v) is 8.45. The molecule has 2 aromatic rings. The van der Waals surface area contributed by atoms with Gasteiger partial charge in [-0.05, 0) is 51.0 Å². The number of ether oxygens (including phenoxy) is 1. The standard InChI is InChI=1S/C25H29F3N4O3/c1-6-8-17(24(3,4)14-29)11-21-30-13-18(32-21)15-9-19(33)22(20(10-15)35-5)23(34)31-12-16(7-2)25(26,27)28/h6,8-11,13,16,33H,7,12H2,1-5H3,(H,30,32)(H,31,34)/b8-6-,17-11+. The Morgan fingerprint density at radius 1 is 1.37 bits per heavy atom. The van der Waals surface area contributed by atoms with Crippen molar-refractivity contribution >= 4 is 12.0 Å². The Labute approximate surface area is 202 Å². The van der Waals surface area contributed by atoms with E-state index in [1.165, 1.54) is 32.4 Å². The van der Waals surface area contributed by atoms with E-state index in [0.29, 0.717) is 17.1 Å². The fourth-order valence-electron chi connectivity index (χ4n) is 3.33. The smallest absolute Gasteiger partial charge is 0.393 e. The minimum Gasteiger partial charge on any atom is -0.507 e. The number of phenolic OH excluding ortho intramolecular Hbond substituents is 1. The summed E-state index contributed by atoms with van der Waals surface area (Å²) < 4.78 is 44.2. The Kier molecular flexibility index (Phi) is 8.74. The molecule has 0 aliphatic carbocycles. The van der Waals surface area contributed by atoms with Gasteiger partial charge in [-0.1, -0.05) is 19.1 Å². The molecule has 7 nitrogen and oxygen atoms in total. The van der Waals surface area contributed by atoms with E-state index in [9.17, 15) is 28.3 Å². The number of alkyl halides is 3. The van der Waals surface area contributed by atoms with Crippen LogP contribution in [-0.4, -0.2) is 40.8 Å². The molecule has 1 aromatic carbocycles. The number of nitriles is 1. The lowest BCUT2D eigenvalue weighted by molar-refractivity contribution is -0.173. The number of H-pyrrole nitrogens is 1. The zero-order valence-electron chi connectivity index (χ0n) is 20.2. The Morgan fingerprint density at radius 3 is 2.60 bits per heavy atom. The first-order chi connectivity index (χ1) is 16.4. The molecule has 1 amide bonds. The summed E-state index contributed by atoms with van der Waals surface area (Å²) in [7, 11) is 1.29. The number of halogens is 3. The predicted octanol–water partition coefficient (Wildman–Crippen LogP) is 5.62. The first kappa shape index (κ1) is 27.5. The van der Waals surface area contributed by atoms with E-state index >= 15 is 0 Å². The van der Waals surface area contributed by atoms with Gasteiger partial charge in [-0.3, -0.25) is 4.79 Å². The van der Waals surface area contributed by atoms with Gasteiger partial charge in [-0.15, -0.1) is 0 Å². The number of aromatic amines is 1. The average Bonchev–Trinajstić information content (AvgIpc) is 3.26. The van der Waals surface area contributed by atoms with E-state index in [0.717, 1.165) is 5.57 Å². The number of hydrogen-bond acceptors (Lipinski definition) is 5. The summed E-state index contributed by atoms with van der Waals surface area (Å²) in [6.07, 6.45) is 2.25. The lowest BCUT2D eigenvalue weighted by atomic mass is 9.85. The number of phenols is 1. The van der Waals surface area contributed by atoms with E-state index in [2.05, 4.69) is 21.4 Å². The van der Waals surface area contributed by atoms with Gasteiger partial charge in [0.2, 0.25) is 0 Å². The van der Waals surface area contributed by atoms with Gasteiger partial charge in [0.15, 0.2) is 0 Å². The number of carbonyl (C=O) groups excluding carboxylic acids is 1. The zero-order valence-corrected chi connectivity index (χ0v) is 20.2. The maximum atomic E-state index is 13.0. The molecule has 2 rings (SSSR count). The molecular formula is C25H29F3N4O3. The molecule has 0 saturated carbocycles. The number of allylic oxidation sites excluding steroid dienone is 3. The molecule has 1 heterocycles. The van der Waals surface area contributed by atoms with Crippen LogP contribution in [0.15, 0.2) is 36.1 Å². The molecule has 188 valence electrons. The summed E-state index contributed by atoms with van der Waals surface area (Å²) in [5, 5.41) is 22.2. The first-order valence-corrected chi connectivity index (χ1v) is 10.9. The molecule has 0 spiro atoms. The summed E-state index contributed by atoms with van der Waals surface area (Å²) in [5.74, 6) is -2.58. The molecule has 0 aliphatic heterocycles. The first-order valence-electron chi connectivity index (χ1n) is 10.9. The van der Waals surface area contributed by atoms with Crippen molar-refractivity contribution in [3.05, 3.63) is 47.4 Å². The van der Waals surface area contributed by atoms with E-state index in [4.69, 9.17) is 4.74 Å². The maximum Gasteiger partial charge on any atom is 0.393 e. The van der Waals surface area contributed by atoms with E-state index in [1.807, 2.05) is 19.1 Å². The highest BCUT2D eigenvalue weighted by atomic mass is 19.4. The monoisotopic (exact) mass is 490 g/mol. The number of methoxy groups -OCH3 is 1. The number of rotatable bonds is 9. The third-order valence-electron chi connectivity index (χ3n) is 5.54. The number of nitrogens with one attached hydrogen (secondary N) is 2. The summed E-state index contributed by atoms with van der Waals surface area (Å²) in [6.45, 7) is 6.17. The number of aromatic hydroxyl groups is 1. The fourth-order valence-corrected chi connectivity index (χ4v) is 3.33. The van der Waals surface area contributed by atoms with Crippen molar-refractivity contribution in [3.8, 4) is 28.8 Å². The van der Waals surface area contributed by atoms with Crippen LogP contribution in [0, 0.1) is 22.7 Å². The highest BCUT2D eigenvalue weighted by Crippen LogP contribution is 2.35. The zero-order chi connectivity index (χ0) is 26.4. The van der Waals surface area contributed by atoms with Crippen LogP contribution in [-0.2, 0) is 0 Å². The molecule has 3 N–H and O–H groups in total. The van der Waals surface area contributed by atoms with E-state index in [-0.39, 0.29) is 17.7 Å². The normalized spacial score (nSPS) is 13.5. The van der Waals surface area contributed by atoms with Crippen LogP contribution in [0.2, 0.25) is 0 Å². The number of carbonyl (C=O) groups is 1. The van der Waals surface area contributed by atoms with Crippen molar-refractivity contribution in [1.82, 2.24) is 15.3 Å². The summed E-state index contributed by atoms with van der Waals surface area (Å²) in [6, 6.07) is 5.01. The van der Waals surface area contributed by atoms with Crippen LogP contribution in [0.25, 0.3) is 17.3 Å². The van der Waals surface area contributed by atoms with Crippen LogP contribution in [0.1, 0.15) is 50.3 Å². The highest BCUT2D eigenvalue weighted by Gasteiger charge is 2.38. The van der Waals surface area contributed by atoms with Gasteiger partial charge in [-0.2, -0.15) is 18.4 Å². The lowest BCUT2D eigenvalue weighted by Gasteiger charge is -2.19. The van der Waals surface area contributed by atoms with Gasteiger partial charge in [-0.25, -0.2) is 4.98 Å². The van der Waals surface area contributed by atoms with Crippen molar-refractivity contribution in [2.75, 3.05) is 13.7 Å². The quantitative estimate of drug-likeness (QED) is 0.395. The number of amides is 1. The predicted molar refractivity (Wildman–Crippen MR) is 127 cm³/mol. The molecule has 1 aromatic heterocycles. The van der Waals surface area contributed by atoms with Crippen molar-refractivity contribution in [3.63, 3.8) is 0 Å². The topological polar surface area (TPSA) is 111 Å². The number of imidazole rings is 1.